The summed E-state index contributed by atoms with van der Waals surface area (Å²) in [6, 6.07) is 21.6. The second kappa shape index (κ2) is 12.2. The highest BCUT2D eigenvalue weighted by molar-refractivity contribution is 5.54. The molecule has 0 saturated carbocycles. The maximum absolute atomic E-state index is 10.5. The number of aromatic nitrogens is 1. The van der Waals surface area contributed by atoms with Crippen LogP contribution in [0.3, 0.4) is 0 Å². The first-order valence-electron chi connectivity index (χ1n) is 12.7. The summed E-state index contributed by atoms with van der Waals surface area (Å²) in [7, 11) is 0. The van der Waals surface area contributed by atoms with Gasteiger partial charge in [0.05, 0.1) is 18.9 Å². The van der Waals surface area contributed by atoms with Gasteiger partial charge in [-0.3, -0.25) is 0 Å². The van der Waals surface area contributed by atoms with Crippen molar-refractivity contribution in [2.24, 2.45) is 0 Å². The molecule has 4 aromatic rings. The zero-order valence-corrected chi connectivity index (χ0v) is 21.4. The average molecular weight is 486 g/mol. The average Bonchev–Trinajstić information content (AvgIpc) is 3.42. The third-order valence-electron chi connectivity index (χ3n) is 6.13. The van der Waals surface area contributed by atoms with Gasteiger partial charge in [-0.1, -0.05) is 44.5 Å². The molecule has 0 aliphatic rings. The normalized spacial score (nSPS) is 10.9. The molecule has 0 radical (unpaired) electrons. The maximum Gasteiger partial charge on any atom is 0.143 e. The molecule has 0 atom stereocenters. The van der Waals surface area contributed by atoms with Gasteiger partial charge in [-0.25, -0.2) is 0 Å². The van der Waals surface area contributed by atoms with Crippen molar-refractivity contribution < 1.29 is 19.3 Å². The molecule has 0 fully saturated rings. The lowest BCUT2D eigenvalue weighted by Crippen LogP contribution is -2.08. The molecular formula is C31H35NO4. The zero-order valence-electron chi connectivity index (χ0n) is 21.4. The molecule has 0 aliphatic carbocycles. The van der Waals surface area contributed by atoms with E-state index in [1.54, 1.807) is 6.07 Å². The number of nitrogens with zero attached hydrogens (tertiary/aromatic N) is 1. The fraction of sp³-hybridized carbons (Fsp3) is 0.290. The lowest BCUT2D eigenvalue weighted by Gasteiger charge is -2.17. The molecule has 0 spiro atoms. The van der Waals surface area contributed by atoms with Crippen molar-refractivity contribution in [1.29, 1.82) is 0 Å². The van der Waals surface area contributed by atoms with Crippen molar-refractivity contribution in [1.82, 2.24) is 4.57 Å². The number of phenols is 1. The largest absolute Gasteiger partial charge is 0.506 e. The Kier molecular flexibility index (Phi) is 8.56. The molecule has 1 N–H and O–H groups in total. The highest BCUT2D eigenvalue weighted by Crippen LogP contribution is 2.35. The van der Waals surface area contributed by atoms with E-state index in [9.17, 15) is 5.11 Å². The number of rotatable bonds is 12. The highest BCUT2D eigenvalue weighted by Gasteiger charge is 2.13. The van der Waals surface area contributed by atoms with Gasteiger partial charge in [0.15, 0.2) is 0 Å². The van der Waals surface area contributed by atoms with E-state index in [0.29, 0.717) is 19.0 Å². The van der Waals surface area contributed by atoms with Crippen molar-refractivity contribution in [3.8, 4) is 34.4 Å². The zero-order chi connectivity index (χ0) is 25.3. The van der Waals surface area contributed by atoms with E-state index in [-0.39, 0.29) is 5.75 Å². The van der Waals surface area contributed by atoms with Crippen LogP contribution in [0.25, 0.3) is 5.69 Å². The monoisotopic (exact) mass is 485 g/mol. The minimum Gasteiger partial charge on any atom is -0.506 e. The van der Waals surface area contributed by atoms with E-state index >= 15 is 0 Å². The Morgan fingerprint density at radius 1 is 0.778 bits per heavy atom. The summed E-state index contributed by atoms with van der Waals surface area (Å²) in [6.45, 7) is 7.32. The predicted octanol–water partition coefficient (Wildman–Crippen LogP) is 7.65. The van der Waals surface area contributed by atoms with Gasteiger partial charge in [-0.05, 0) is 67.3 Å². The molecule has 0 unspecified atom stereocenters. The van der Waals surface area contributed by atoms with Gasteiger partial charge in [-0.15, -0.1) is 0 Å². The number of aryl methyl sites for hydroxylation is 2. The standard InChI is InChI=1S/C31H35NO4/c1-4-12-25-29(15-10-16-30(25)36-28-14-7-6-13-23(28)3)34-19-11-20-35-31-22-27(33)26(21-24(31)5-2)32-17-8-9-18-32/h6-10,13-18,21-22,33H,4-5,11-12,19-20H2,1-3H3. The lowest BCUT2D eigenvalue weighted by molar-refractivity contribution is 0.244. The first kappa shape index (κ1) is 25.2. The Bertz CT molecular complexity index is 1260. The Morgan fingerprint density at radius 2 is 1.47 bits per heavy atom. The maximum atomic E-state index is 10.5. The molecule has 1 heterocycles. The van der Waals surface area contributed by atoms with Crippen LogP contribution in [-0.4, -0.2) is 22.9 Å². The molecule has 5 heteroatoms. The number of ether oxygens (including phenoxy) is 3. The summed E-state index contributed by atoms with van der Waals surface area (Å²) in [5.41, 5.74) is 4.00. The SMILES string of the molecule is CCCc1c(OCCCOc2cc(O)c(-n3cccc3)cc2CC)cccc1Oc1ccccc1C. The molecule has 188 valence electrons. The fourth-order valence-electron chi connectivity index (χ4n) is 4.20. The van der Waals surface area contributed by atoms with E-state index in [2.05, 4.69) is 13.8 Å². The minimum absolute atomic E-state index is 0.198. The molecule has 4 rings (SSSR count). The Morgan fingerprint density at radius 3 is 2.19 bits per heavy atom. The van der Waals surface area contributed by atoms with E-state index in [1.165, 1.54) is 0 Å². The number of aromatic hydroxyl groups is 1. The summed E-state index contributed by atoms with van der Waals surface area (Å²) in [5.74, 6) is 3.46. The summed E-state index contributed by atoms with van der Waals surface area (Å²) >= 11 is 0. The van der Waals surface area contributed by atoms with Crippen LogP contribution in [-0.2, 0) is 12.8 Å². The molecule has 0 amide bonds. The lowest BCUT2D eigenvalue weighted by atomic mass is 10.1. The van der Waals surface area contributed by atoms with Crippen LogP contribution < -0.4 is 14.2 Å². The minimum atomic E-state index is 0.198. The first-order valence-corrected chi connectivity index (χ1v) is 12.7. The van der Waals surface area contributed by atoms with Gasteiger partial charge in [-0.2, -0.15) is 0 Å². The number of benzene rings is 3. The molecule has 3 aromatic carbocycles. The summed E-state index contributed by atoms with van der Waals surface area (Å²) in [6.07, 6.45) is 7.24. The van der Waals surface area contributed by atoms with Crippen molar-refractivity contribution in [2.75, 3.05) is 13.2 Å². The smallest absolute Gasteiger partial charge is 0.143 e. The number of hydrogen-bond donors (Lipinski definition) is 1. The van der Waals surface area contributed by atoms with Gasteiger partial charge >= 0.3 is 0 Å². The van der Waals surface area contributed by atoms with Crippen molar-refractivity contribution in [3.63, 3.8) is 0 Å². The molecule has 0 saturated heterocycles. The van der Waals surface area contributed by atoms with Gasteiger partial charge in [0.25, 0.3) is 0 Å². The molecule has 1 aromatic heterocycles. The van der Waals surface area contributed by atoms with Crippen LogP contribution in [0.5, 0.6) is 28.7 Å². The van der Waals surface area contributed by atoms with Crippen molar-refractivity contribution in [3.05, 3.63) is 95.8 Å². The van der Waals surface area contributed by atoms with Gasteiger partial charge in [0, 0.05) is 30.4 Å². The number of phenolic OH excluding ortho intramolecular Hbond substituents is 1. The molecule has 0 aliphatic heterocycles. The Hall–Kier alpha value is -3.86. The van der Waals surface area contributed by atoms with E-state index in [0.717, 1.165) is 65.3 Å². The quantitative estimate of drug-likeness (QED) is 0.209. The Balaban J connectivity index is 1.37. The third kappa shape index (κ3) is 6.03. The third-order valence-corrected chi connectivity index (χ3v) is 6.13. The van der Waals surface area contributed by atoms with Crippen LogP contribution in [0.15, 0.2) is 79.1 Å². The first-order chi connectivity index (χ1) is 17.6. The summed E-state index contributed by atoms with van der Waals surface area (Å²) < 4.78 is 20.4. The predicted molar refractivity (Wildman–Crippen MR) is 144 cm³/mol. The number of hydrogen-bond acceptors (Lipinski definition) is 4. The van der Waals surface area contributed by atoms with Crippen molar-refractivity contribution in [2.45, 2.75) is 46.5 Å². The topological polar surface area (TPSA) is 52.8 Å². The van der Waals surface area contributed by atoms with Crippen LogP contribution in [0.1, 0.15) is 43.4 Å². The van der Waals surface area contributed by atoms with Gasteiger partial charge in [0.1, 0.15) is 28.7 Å². The highest BCUT2D eigenvalue weighted by atomic mass is 16.5. The second-order valence-electron chi connectivity index (χ2n) is 8.79. The molecule has 0 bridgehead atoms. The van der Waals surface area contributed by atoms with E-state index < -0.39 is 0 Å². The second-order valence-corrected chi connectivity index (χ2v) is 8.79. The molecule has 36 heavy (non-hydrogen) atoms. The molecular weight excluding hydrogens is 450 g/mol. The van der Waals surface area contributed by atoms with Crippen LogP contribution in [0, 0.1) is 6.92 Å². The molecule has 5 nitrogen and oxygen atoms in total. The van der Waals surface area contributed by atoms with Crippen LogP contribution in [0.2, 0.25) is 0 Å². The van der Waals surface area contributed by atoms with Crippen molar-refractivity contribution >= 4 is 0 Å². The van der Waals surface area contributed by atoms with Crippen LogP contribution >= 0.6 is 0 Å². The number of para-hydroxylation sites is 1. The summed E-state index contributed by atoms with van der Waals surface area (Å²) in [4.78, 5) is 0. The van der Waals surface area contributed by atoms with Gasteiger partial charge < -0.3 is 23.9 Å². The van der Waals surface area contributed by atoms with Crippen LogP contribution in [0.4, 0.5) is 0 Å². The summed E-state index contributed by atoms with van der Waals surface area (Å²) in [5, 5.41) is 10.5. The van der Waals surface area contributed by atoms with E-state index in [1.807, 2.05) is 84.5 Å². The van der Waals surface area contributed by atoms with Gasteiger partial charge in [0.2, 0.25) is 0 Å². The van der Waals surface area contributed by atoms with E-state index in [4.69, 9.17) is 14.2 Å². The fourth-order valence-corrected chi connectivity index (χ4v) is 4.20. The Labute approximate surface area is 213 Å².